The average Bonchev–Trinajstić information content (AvgIpc) is 2.40. The molecule has 1 aromatic rings. The Kier molecular flexibility index (Phi) is 4.52. The van der Waals surface area contributed by atoms with Crippen molar-refractivity contribution in [1.29, 1.82) is 0 Å². The number of morpholine rings is 1. The van der Waals surface area contributed by atoms with E-state index in [1.807, 2.05) is 18.2 Å². The van der Waals surface area contributed by atoms with Gasteiger partial charge in [-0.3, -0.25) is 4.79 Å². The second-order valence-corrected chi connectivity index (χ2v) is 4.31. The third-order valence-corrected chi connectivity index (χ3v) is 2.80. The maximum Gasteiger partial charge on any atom is 0.248 e. The zero-order valence-corrected chi connectivity index (χ0v) is 10.7. The molecule has 1 aliphatic heterocycles. The Morgan fingerprint density at radius 2 is 2.39 bits per heavy atom. The second-order valence-electron chi connectivity index (χ2n) is 4.31. The van der Waals surface area contributed by atoms with Gasteiger partial charge in [0.15, 0.2) is 0 Å². The molecule has 1 aromatic heterocycles. The van der Waals surface area contributed by atoms with Crippen molar-refractivity contribution in [3.05, 3.63) is 23.9 Å². The van der Waals surface area contributed by atoms with Crippen LogP contribution in [0.3, 0.4) is 0 Å². The highest BCUT2D eigenvalue weighted by Gasteiger charge is 2.18. The van der Waals surface area contributed by atoms with Crippen molar-refractivity contribution in [2.45, 2.75) is 19.9 Å². The summed E-state index contributed by atoms with van der Waals surface area (Å²) in [5.74, 6) is 0.907. The van der Waals surface area contributed by atoms with Gasteiger partial charge in [-0.1, -0.05) is 13.0 Å². The predicted molar refractivity (Wildman–Crippen MR) is 69.3 cm³/mol. The minimum atomic E-state index is 0.0370. The van der Waals surface area contributed by atoms with Crippen LogP contribution in [0.5, 0.6) is 0 Å². The fourth-order valence-electron chi connectivity index (χ4n) is 1.83. The SMILES string of the molecule is CCCNc1cccc(CN2CCOCC2=O)n1. The summed E-state index contributed by atoms with van der Waals surface area (Å²) in [6.07, 6.45) is 1.06. The monoisotopic (exact) mass is 249 g/mol. The smallest absolute Gasteiger partial charge is 0.248 e. The number of nitrogens with zero attached hydrogens (tertiary/aromatic N) is 2. The van der Waals surface area contributed by atoms with Gasteiger partial charge in [-0.2, -0.15) is 0 Å². The topological polar surface area (TPSA) is 54.5 Å². The number of carbonyl (C=O) groups excluding carboxylic acids is 1. The predicted octanol–water partition coefficient (Wildman–Crippen LogP) is 1.26. The summed E-state index contributed by atoms with van der Waals surface area (Å²) in [5, 5.41) is 3.24. The van der Waals surface area contributed by atoms with Gasteiger partial charge in [-0.05, 0) is 18.6 Å². The standard InChI is InChI=1S/C13H19N3O2/c1-2-6-14-12-5-3-4-11(15-12)9-16-7-8-18-10-13(16)17/h3-5H,2,6-10H2,1H3,(H,14,15). The summed E-state index contributed by atoms with van der Waals surface area (Å²) in [6.45, 7) is 5.03. The number of ether oxygens (including phenoxy) is 1. The molecule has 2 heterocycles. The third-order valence-electron chi connectivity index (χ3n) is 2.80. The number of carbonyl (C=O) groups is 1. The molecule has 0 aliphatic carbocycles. The summed E-state index contributed by atoms with van der Waals surface area (Å²) in [4.78, 5) is 17.9. The van der Waals surface area contributed by atoms with Gasteiger partial charge in [-0.15, -0.1) is 0 Å². The molecule has 1 aliphatic rings. The molecular formula is C13H19N3O2. The van der Waals surface area contributed by atoms with E-state index in [2.05, 4.69) is 17.2 Å². The van der Waals surface area contributed by atoms with Gasteiger partial charge in [0.05, 0.1) is 18.8 Å². The van der Waals surface area contributed by atoms with E-state index in [1.54, 1.807) is 4.90 Å². The van der Waals surface area contributed by atoms with Crippen molar-refractivity contribution >= 4 is 11.7 Å². The van der Waals surface area contributed by atoms with E-state index < -0.39 is 0 Å². The van der Waals surface area contributed by atoms with Crippen LogP contribution >= 0.6 is 0 Å². The molecule has 1 fully saturated rings. The van der Waals surface area contributed by atoms with Crippen molar-refractivity contribution in [3.63, 3.8) is 0 Å². The molecule has 0 aromatic carbocycles. The number of anilines is 1. The van der Waals surface area contributed by atoms with Crippen molar-refractivity contribution in [1.82, 2.24) is 9.88 Å². The number of hydrogen-bond donors (Lipinski definition) is 1. The van der Waals surface area contributed by atoms with E-state index in [0.717, 1.165) is 24.5 Å². The van der Waals surface area contributed by atoms with Crippen LogP contribution in [0.4, 0.5) is 5.82 Å². The molecule has 18 heavy (non-hydrogen) atoms. The van der Waals surface area contributed by atoms with Crippen LogP contribution in [-0.2, 0) is 16.1 Å². The molecule has 5 nitrogen and oxygen atoms in total. The highest BCUT2D eigenvalue weighted by molar-refractivity contribution is 5.77. The Labute approximate surface area is 107 Å². The van der Waals surface area contributed by atoms with E-state index >= 15 is 0 Å². The Bertz CT molecular complexity index is 409. The van der Waals surface area contributed by atoms with E-state index in [0.29, 0.717) is 19.7 Å². The van der Waals surface area contributed by atoms with Crippen molar-refractivity contribution in [2.24, 2.45) is 0 Å². The van der Waals surface area contributed by atoms with E-state index in [9.17, 15) is 4.79 Å². The Morgan fingerprint density at radius 3 is 3.17 bits per heavy atom. The van der Waals surface area contributed by atoms with Gasteiger partial charge < -0.3 is 15.0 Å². The maximum absolute atomic E-state index is 11.6. The minimum absolute atomic E-state index is 0.0370. The summed E-state index contributed by atoms with van der Waals surface area (Å²) in [7, 11) is 0. The molecule has 1 amide bonds. The lowest BCUT2D eigenvalue weighted by Crippen LogP contribution is -2.41. The first-order valence-corrected chi connectivity index (χ1v) is 6.35. The maximum atomic E-state index is 11.6. The van der Waals surface area contributed by atoms with Gasteiger partial charge in [-0.25, -0.2) is 4.98 Å². The molecule has 2 rings (SSSR count). The molecule has 0 unspecified atom stereocenters. The first-order chi connectivity index (χ1) is 8.79. The van der Waals surface area contributed by atoms with Crippen LogP contribution in [-0.4, -0.2) is 42.1 Å². The van der Waals surface area contributed by atoms with E-state index in [-0.39, 0.29) is 12.5 Å². The quantitative estimate of drug-likeness (QED) is 0.853. The van der Waals surface area contributed by atoms with Crippen LogP contribution in [0, 0.1) is 0 Å². The zero-order valence-electron chi connectivity index (χ0n) is 10.7. The summed E-state index contributed by atoms with van der Waals surface area (Å²) in [5.41, 5.74) is 0.909. The van der Waals surface area contributed by atoms with Crippen molar-refractivity contribution < 1.29 is 9.53 Å². The molecule has 1 saturated heterocycles. The van der Waals surface area contributed by atoms with Crippen molar-refractivity contribution in [2.75, 3.05) is 31.6 Å². The minimum Gasteiger partial charge on any atom is -0.370 e. The third kappa shape index (κ3) is 3.43. The number of amides is 1. The summed E-state index contributed by atoms with van der Waals surface area (Å²) in [6, 6.07) is 5.85. The normalized spacial score (nSPS) is 15.8. The average molecular weight is 249 g/mol. The molecule has 0 radical (unpaired) electrons. The lowest BCUT2D eigenvalue weighted by Gasteiger charge is -2.26. The fraction of sp³-hybridized carbons (Fsp3) is 0.538. The van der Waals surface area contributed by atoms with Gasteiger partial charge in [0.25, 0.3) is 0 Å². The molecule has 5 heteroatoms. The Morgan fingerprint density at radius 1 is 1.50 bits per heavy atom. The van der Waals surface area contributed by atoms with Gasteiger partial charge in [0.1, 0.15) is 12.4 Å². The number of nitrogens with one attached hydrogen (secondary N) is 1. The van der Waals surface area contributed by atoms with E-state index in [1.165, 1.54) is 0 Å². The highest BCUT2D eigenvalue weighted by Crippen LogP contribution is 2.09. The number of pyridine rings is 1. The molecule has 0 atom stereocenters. The van der Waals surface area contributed by atoms with Crippen LogP contribution in [0.2, 0.25) is 0 Å². The van der Waals surface area contributed by atoms with Crippen molar-refractivity contribution in [3.8, 4) is 0 Å². The highest BCUT2D eigenvalue weighted by atomic mass is 16.5. The molecule has 0 saturated carbocycles. The van der Waals surface area contributed by atoms with Crippen LogP contribution in [0.1, 0.15) is 19.0 Å². The lowest BCUT2D eigenvalue weighted by atomic mass is 10.3. The van der Waals surface area contributed by atoms with E-state index in [4.69, 9.17) is 4.74 Å². The Hall–Kier alpha value is -1.62. The molecule has 0 bridgehead atoms. The van der Waals surface area contributed by atoms with Gasteiger partial charge >= 0.3 is 0 Å². The fourth-order valence-corrected chi connectivity index (χ4v) is 1.83. The number of rotatable bonds is 5. The molecule has 98 valence electrons. The molecular weight excluding hydrogens is 230 g/mol. The number of aromatic nitrogens is 1. The summed E-state index contributed by atoms with van der Waals surface area (Å²) >= 11 is 0. The van der Waals surface area contributed by atoms with Gasteiger partial charge in [0.2, 0.25) is 5.91 Å². The van der Waals surface area contributed by atoms with Crippen LogP contribution in [0.15, 0.2) is 18.2 Å². The zero-order chi connectivity index (χ0) is 12.8. The molecule has 1 N–H and O–H groups in total. The summed E-state index contributed by atoms with van der Waals surface area (Å²) < 4.78 is 5.10. The second kappa shape index (κ2) is 6.35. The van der Waals surface area contributed by atoms with Crippen LogP contribution in [0.25, 0.3) is 0 Å². The molecule has 0 spiro atoms. The largest absolute Gasteiger partial charge is 0.370 e. The number of hydrogen-bond acceptors (Lipinski definition) is 4. The first kappa shape index (κ1) is 12.8. The lowest BCUT2D eigenvalue weighted by molar-refractivity contribution is -0.143. The van der Waals surface area contributed by atoms with Crippen LogP contribution < -0.4 is 5.32 Å². The van der Waals surface area contributed by atoms with Gasteiger partial charge in [0, 0.05) is 13.1 Å². The first-order valence-electron chi connectivity index (χ1n) is 6.35. The Balaban J connectivity index is 1.97.